The van der Waals surface area contributed by atoms with Crippen LogP contribution in [-0.2, 0) is 13.5 Å². The Kier molecular flexibility index (Phi) is 1.27. The lowest BCUT2D eigenvalue weighted by molar-refractivity contribution is -0.633. The molecular weight excluding hydrogens is 250 g/mol. The van der Waals surface area contributed by atoms with Gasteiger partial charge in [0.05, 0.1) is 29.0 Å². The highest BCUT2D eigenvalue weighted by molar-refractivity contribution is 5.91. The molecule has 0 fully saturated rings. The van der Waals surface area contributed by atoms with Crippen LogP contribution in [0.2, 0.25) is 0 Å². The summed E-state index contributed by atoms with van der Waals surface area (Å²) >= 11 is 0. The standard InChI is InChI=1S/C15H12N5/c1-18-14-12-7-17-4-5-19(12)9-13(14)20-8-10-6-16-3-2-11(10)15(18)20/h2-7,9H,8H2,1H3/q+1/i1D3. The highest BCUT2D eigenvalue weighted by Crippen LogP contribution is 2.34. The van der Waals surface area contributed by atoms with Crippen molar-refractivity contribution >= 4 is 16.6 Å². The molecule has 0 atom stereocenters. The second-order valence-corrected chi connectivity index (χ2v) is 5.01. The average Bonchev–Trinajstić information content (AvgIpc) is 3.13. The molecule has 4 aromatic heterocycles. The van der Waals surface area contributed by atoms with Gasteiger partial charge in [-0.15, -0.1) is 0 Å². The molecule has 5 heterocycles. The van der Waals surface area contributed by atoms with Crippen molar-refractivity contribution in [1.82, 2.24) is 18.9 Å². The van der Waals surface area contributed by atoms with Crippen LogP contribution >= 0.6 is 0 Å². The van der Waals surface area contributed by atoms with E-state index in [4.69, 9.17) is 4.11 Å². The van der Waals surface area contributed by atoms with Crippen LogP contribution in [0.15, 0.2) is 43.2 Å². The summed E-state index contributed by atoms with van der Waals surface area (Å²) in [6.07, 6.45) is 10.7. The van der Waals surface area contributed by atoms with E-state index in [-0.39, 0.29) is 0 Å². The molecule has 0 saturated heterocycles. The highest BCUT2D eigenvalue weighted by Gasteiger charge is 2.34. The van der Waals surface area contributed by atoms with Crippen LogP contribution in [0.5, 0.6) is 0 Å². The minimum atomic E-state index is -2.28. The summed E-state index contributed by atoms with van der Waals surface area (Å²) in [6.45, 7) is -1.65. The Bertz CT molecular complexity index is 1090. The van der Waals surface area contributed by atoms with Crippen molar-refractivity contribution in [2.75, 3.05) is 0 Å². The van der Waals surface area contributed by atoms with Gasteiger partial charge in [-0.25, -0.2) is 9.13 Å². The third-order valence-electron chi connectivity index (χ3n) is 3.99. The quantitative estimate of drug-likeness (QED) is 0.398. The molecule has 0 aromatic carbocycles. The molecule has 5 rings (SSSR count). The Balaban J connectivity index is 2.01. The van der Waals surface area contributed by atoms with E-state index >= 15 is 0 Å². The Morgan fingerprint density at radius 3 is 3.15 bits per heavy atom. The molecule has 5 heteroatoms. The predicted molar refractivity (Wildman–Crippen MR) is 74.2 cm³/mol. The summed E-state index contributed by atoms with van der Waals surface area (Å²) in [6, 6.07) is 1.88. The zero-order valence-corrected chi connectivity index (χ0v) is 10.5. The van der Waals surface area contributed by atoms with Gasteiger partial charge in [0, 0.05) is 30.4 Å². The van der Waals surface area contributed by atoms with Crippen molar-refractivity contribution in [3.63, 3.8) is 0 Å². The van der Waals surface area contributed by atoms with Crippen LogP contribution in [0.25, 0.3) is 27.9 Å². The van der Waals surface area contributed by atoms with Crippen LogP contribution in [0, 0.1) is 0 Å². The van der Waals surface area contributed by atoms with E-state index in [9.17, 15) is 0 Å². The maximum atomic E-state index is 8.03. The molecule has 0 amide bonds. The molecule has 20 heavy (non-hydrogen) atoms. The minimum absolute atomic E-state index is 0.627. The molecule has 4 aromatic rings. The topological polar surface area (TPSA) is 39.0 Å². The third kappa shape index (κ3) is 1.02. The van der Waals surface area contributed by atoms with E-state index in [0.717, 1.165) is 22.2 Å². The normalized spacial score (nSPS) is 15.9. The van der Waals surface area contributed by atoms with E-state index in [0.29, 0.717) is 17.9 Å². The lowest BCUT2D eigenvalue weighted by Crippen LogP contribution is -2.29. The number of aromatic nitrogens is 5. The number of hydrogen-bond acceptors (Lipinski definition) is 2. The van der Waals surface area contributed by atoms with Gasteiger partial charge in [-0.1, -0.05) is 0 Å². The highest BCUT2D eigenvalue weighted by atomic mass is 15.2. The second-order valence-electron chi connectivity index (χ2n) is 5.01. The molecule has 96 valence electrons. The molecule has 0 N–H and O–H groups in total. The molecule has 0 aliphatic carbocycles. The lowest BCUT2D eigenvalue weighted by Gasteiger charge is -1.95. The molecule has 5 nitrogen and oxygen atoms in total. The number of imidazole rings is 1. The largest absolute Gasteiger partial charge is 0.313 e. The Hall–Kier alpha value is -2.69. The summed E-state index contributed by atoms with van der Waals surface area (Å²) < 4.78 is 29.5. The lowest BCUT2D eigenvalue weighted by atomic mass is 10.2. The number of nitrogens with zero attached hydrogens (tertiary/aromatic N) is 5. The number of rotatable bonds is 0. The maximum Gasteiger partial charge on any atom is 0.290 e. The van der Waals surface area contributed by atoms with Crippen LogP contribution in [0.4, 0.5) is 0 Å². The molecule has 0 saturated carbocycles. The SMILES string of the molecule is [2H]C([2H])([2H])[n+]1c2n(c3cn4ccncc4c31)Cc1cnccc1-2. The van der Waals surface area contributed by atoms with Gasteiger partial charge in [0.15, 0.2) is 5.52 Å². The molecule has 1 aliphatic heterocycles. The molecule has 1 aliphatic rings. The zero-order chi connectivity index (χ0) is 15.8. The van der Waals surface area contributed by atoms with E-state index in [1.807, 2.05) is 27.4 Å². The van der Waals surface area contributed by atoms with Gasteiger partial charge in [-0.3, -0.25) is 9.97 Å². The van der Waals surface area contributed by atoms with E-state index in [1.54, 1.807) is 24.8 Å². The van der Waals surface area contributed by atoms with Gasteiger partial charge >= 0.3 is 0 Å². The van der Waals surface area contributed by atoms with Gasteiger partial charge in [0.25, 0.3) is 5.82 Å². The first-order valence-corrected chi connectivity index (χ1v) is 6.38. The summed E-state index contributed by atoms with van der Waals surface area (Å²) in [7, 11) is 0. The second kappa shape index (κ2) is 3.25. The fourth-order valence-electron chi connectivity index (χ4n) is 3.13. The first kappa shape index (κ1) is 7.79. The number of fused-ring (bicyclic) bond motifs is 7. The summed E-state index contributed by atoms with van der Waals surface area (Å²) in [5, 5.41) is 0. The van der Waals surface area contributed by atoms with Crippen molar-refractivity contribution in [2.24, 2.45) is 6.98 Å². The Morgan fingerprint density at radius 2 is 2.20 bits per heavy atom. The summed E-state index contributed by atoms with van der Waals surface area (Å²) in [5.41, 5.74) is 4.33. The van der Waals surface area contributed by atoms with Crippen molar-refractivity contribution in [3.8, 4) is 11.4 Å². The number of hydrogen-bond donors (Lipinski definition) is 0. The van der Waals surface area contributed by atoms with Crippen LogP contribution in [0.1, 0.15) is 9.68 Å². The van der Waals surface area contributed by atoms with Crippen LogP contribution in [0.3, 0.4) is 0 Å². The summed E-state index contributed by atoms with van der Waals surface area (Å²) in [4.78, 5) is 8.30. The van der Waals surface area contributed by atoms with Crippen molar-refractivity contribution < 1.29 is 8.68 Å². The van der Waals surface area contributed by atoms with Crippen molar-refractivity contribution in [3.05, 3.63) is 48.8 Å². The van der Waals surface area contributed by atoms with Crippen molar-refractivity contribution in [1.29, 1.82) is 0 Å². The molecule has 0 spiro atoms. The van der Waals surface area contributed by atoms with Crippen LogP contribution < -0.4 is 4.57 Å². The van der Waals surface area contributed by atoms with E-state index in [2.05, 4.69) is 9.97 Å². The molecule has 0 radical (unpaired) electrons. The summed E-state index contributed by atoms with van der Waals surface area (Å²) in [5.74, 6) is 0.707. The van der Waals surface area contributed by atoms with Crippen LogP contribution in [-0.4, -0.2) is 18.9 Å². The molecule has 0 bridgehead atoms. The predicted octanol–water partition coefficient (Wildman–Crippen LogP) is 1.54. The van der Waals surface area contributed by atoms with Gasteiger partial charge in [-0.05, 0) is 6.07 Å². The van der Waals surface area contributed by atoms with Gasteiger partial charge in [0.2, 0.25) is 5.52 Å². The van der Waals surface area contributed by atoms with E-state index in [1.165, 1.54) is 4.57 Å². The first-order valence-electron chi connectivity index (χ1n) is 7.88. The molecule has 0 unspecified atom stereocenters. The van der Waals surface area contributed by atoms with Gasteiger partial charge < -0.3 is 4.40 Å². The maximum absolute atomic E-state index is 8.03. The van der Waals surface area contributed by atoms with Crippen molar-refractivity contribution in [2.45, 2.75) is 6.54 Å². The zero-order valence-electron chi connectivity index (χ0n) is 13.5. The smallest absolute Gasteiger partial charge is 0.290 e. The average molecular weight is 265 g/mol. The number of pyridine rings is 1. The molecular formula is C15H12N5+. The van der Waals surface area contributed by atoms with Gasteiger partial charge in [-0.2, -0.15) is 0 Å². The number of aryl methyl sites for hydroxylation is 1. The minimum Gasteiger partial charge on any atom is -0.313 e. The fraction of sp³-hybridized carbons (Fsp3) is 0.133. The Labute approximate surface area is 119 Å². The first-order chi connectivity index (χ1) is 11.1. The third-order valence-corrected chi connectivity index (χ3v) is 3.99. The van der Waals surface area contributed by atoms with E-state index < -0.39 is 6.98 Å². The monoisotopic (exact) mass is 265 g/mol. The van der Waals surface area contributed by atoms with Gasteiger partial charge in [0.1, 0.15) is 12.1 Å². The Morgan fingerprint density at radius 1 is 1.25 bits per heavy atom. The fourth-order valence-corrected chi connectivity index (χ4v) is 3.13.